The molecule has 9 nitrogen and oxygen atoms in total. The zero-order valence-corrected chi connectivity index (χ0v) is 18.1. The molecule has 0 radical (unpaired) electrons. The number of benzene rings is 1. The highest BCUT2D eigenvalue weighted by atomic mass is 32.2. The Morgan fingerprint density at radius 3 is 1.70 bits per heavy atom. The van der Waals surface area contributed by atoms with E-state index in [1.54, 1.807) is 12.1 Å². The molecule has 1 aromatic rings. The Labute approximate surface area is 178 Å². The van der Waals surface area contributed by atoms with Gasteiger partial charge in [0.05, 0.1) is 64.4 Å². The molecule has 10 heteroatoms. The summed E-state index contributed by atoms with van der Waals surface area (Å²) in [5.41, 5.74) is 0.972. The maximum atomic E-state index is 12.0. The number of rotatable bonds is 18. The van der Waals surface area contributed by atoms with Crippen LogP contribution in [-0.2, 0) is 42.8 Å². The highest BCUT2D eigenvalue weighted by molar-refractivity contribution is 7.86. The van der Waals surface area contributed by atoms with Gasteiger partial charge in [0, 0.05) is 6.08 Å². The van der Waals surface area contributed by atoms with Gasteiger partial charge in [0.15, 0.2) is 0 Å². The van der Waals surface area contributed by atoms with Crippen molar-refractivity contribution in [3.63, 3.8) is 0 Å². The number of carbonyl (C=O) groups excluding carboxylic acids is 1. The summed E-state index contributed by atoms with van der Waals surface area (Å²) in [6.45, 7) is 8.01. The van der Waals surface area contributed by atoms with E-state index < -0.39 is 16.1 Å². The lowest BCUT2D eigenvalue weighted by molar-refractivity contribution is -0.139. The summed E-state index contributed by atoms with van der Waals surface area (Å²) < 4.78 is 54.7. The molecule has 0 heterocycles. The molecular formula is C20H30O9S. The van der Waals surface area contributed by atoms with Crippen LogP contribution in [0.2, 0.25) is 0 Å². The third-order valence-electron chi connectivity index (χ3n) is 3.53. The summed E-state index contributed by atoms with van der Waals surface area (Å²) in [5.74, 6) is -0.476. The molecule has 0 saturated heterocycles. The first-order valence-electron chi connectivity index (χ1n) is 9.52. The minimum absolute atomic E-state index is 0.0634. The largest absolute Gasteiger partial charge is 0.460 e. The molecule has 0 spiro atoms. The predicted octanol–water partition coefficient (Wildman–Crippen LogP) is 1.50. The van der Waals surface area contributed by atoms with Crippen molar-refractivity contribution in [2.45, 2.75) is 11.8 Å². The van der Waals surface area contributed by atoms with Gasteiger partial charge in [-0.15, -0.1) is 0 Å². The van der Waals surface area contributed by atoms with Crippen molar-refractivity contribution in [1.82, 2.24) is 0 Å². The average Bonchev–Trinajstić information content (AvgIpc) is 2.73. The van der Waals surface area contributed by atoms with E-state index in [2.05, 4.69) is 6.58 Å². The SMILES string of the molecule is C=CC(=O)OCCOCCOCCOCCOCCOS(=O)(=O)c1ccc(C)cc1. The van der Waals surface area contributed by atoms with Gasteiger partial charge in [0.1, 0.15) is 6.61 Å². The molecule has 0 saturated carbocycles. The summed E-state index contributed by atoms with van der Waals surface area (Å²) in [7, 11) is -3.76. The van der Waals surface area contributed by atoms with Gasteiger partial charge in [-0.2, -0.15) is 8.42 Å². The van der Waals surface area contributed by atoms with Gasteiger partial charge in [-0.25, -0.2) is 4.79 Å². The maximum Gasteiger partial charge on any atom is 0.330 e. The molecule has 0 aliphatic carbocycles. The van der Waals surface area contributed by atoms with Gasteiger partial charge < -0.3 is 23.7 Å². The van der Waals surface area contributed by atoms with Crippen LogP contribution in [0, 0.1) is 6.92 Å². The fourth-order valence-corrected chi connectivity index (χ4v) is 2.89. The van der Waals surface area contributed by atoms with Gasteiger partial charge in [0.2, 0.25) is 0 Å². The molecule has 0 fully saturated rings. The van der Waals surface area contributed by atoms with Gasteiger partial charge >= 0.3 is 5.97 Å². The third-order valence-corrected chi connectivity index (χ3v) is 4.86. The van der Waals surface area contributed by atoms with Crippen LogP contribution in [-0.4, -0.2) is 80.5 Å². The summed E-state index contributed by atoms with van der Waals surface area (Å²) in [4.78, 5) is 10.9. The normalized spacial score (nSPS) is 11.4. The van der Waals surface area contributed by atoms with E-state index >= 15 is 0 Å². The third kappa shape index (κ3) is 12.7. The Morgan fingerprint density at radius 1 is 0.800 bits per heavy atom. The highest BCUT2D eigenvalue weighted by Crippen LogP contribution is 2.12. The van der Waals surface area contributed by atoms with Gasteiger partial charge in [-0.3, -0.25) is 4.18 Å². The Hall–Kier alpha value is -1.82. The molecule has 1 rings (SSSR count). The van der Waals surface area contributed by atoms with E-state index in [-0.39, 0.29) is 24.7 Å². The lowest BCUT2D eigenvalue weighted by atomic mass is 10.2. The fourth-order valence-electron chi connectivity index (χ4n) is 2.00. The molecule has 0 N–H and O–H groups in total. The van der Waals surface area contributed by atoms with Crippen LogP contribution in [0.1, 0.15) is 5.56 Å². The van der Waals surface area contributed by atoms with Gasteiger partial charge in [-0.1, -0.05) is 24.3 Å². The molecule has 0 unspecified atom stereocenters. The second-order valence-electron chi connectivity index (χ2n) is 5.91. The fraction of sp³-hybridized carbons (Fsp3) is 0.550. The zero-order chi connectivity index (χ0) is 22.1. The minimum atomic E-state index is -3.76. The van der Waals surface area contributed by atoms with Crippen LogP contribution in [0.3, 0.4) is 0 Å². The van der Waals surface area contributed by atoms with Crippen LogP contribution >= 0.6 is 0 Å². The van der Waals surface area contributed by atoms with Crippen LogP contribution in [0.15, 0.2) is 41.8 Å². The quantitative estimate of drug-likeness (QED) is 0.143. The second-order valence-corrected chi connectivity index (χ2v) is 7.53. The number of hydrogen-bond donors (Lipinski definition) is 0. The maximum absolute atomic E-state index is 12.0. The standard InChI is InChI=1S/C20H30O9S/c1-3-20(21)28-16-14-26-12-10-24-8-9-25-11-13-27-15-17-29-30(22,23)19-6-4-18(2)5-7-19/h3-7H,1,8-17H2,2H3. The topological polar surface area (TPSA) is 107 Å². The van der Waals surface area contributed by atoms with Crippen molar-refractivity contribution in [2.24, 2.45) is 0 Å². The van der Waals surface area contributed by atoms with Crippen molar-refractivity contribution in [2.75, 3.05) is 66.1 Å². The van der Waals surface area contributed by atoms with Crippen molar-refractivity contribution in [3.8, 4) is 0 Å². The molecule has 0 aromatic heterocycles. The highest BCUT2D eigenvalue weighted by Gasteiger charge is 2.14. The molecule has 170 valence electrons. The van der Waals surface area contributed by atoms with E-state index in [0.29, 0.717) is 46.2 Å². The average molecular weight is 447 g/mol. The summed E-state index contributed by atoms with van der Waals surface area (Å²) in [5, 5.41) is 0. The Bertz CT molecular complexity index is 701. The van der Waals surface area contributed by atoms with E-state index in [4.69, 9.17) is 27.9 Å². The molecule has 0 aliphatic heterocycles. The Kier molecular flexibility index (Phi) is 13.9. The Morgan fingerprint density at radius 2 is 1.23 bits per heavy atom. The second kappa shape index (κ2) is 15.9. The predicted molar refractivity (Wildman–Crippen MR) is 109 cm³/mol. The van der Waals surface area contributed by atoms with Crippen molar-refractivity contribution in [1.29, 1.82) is 0 Å². The summed E-state index contributed by atoms with van der Waals surface area (Å²) in [6, 6.07) is 6.44. The van der Waals surface area contributed by atoms with Crippen molar-refractivity contribution >= 4 is 16.1 Å². The van der Waals surface area contributed by atoms with Crippen molar-refractivity contribution in [3.05, 3.63) is 42.5 Å². The van der Waals surface area contributed by atoms with Crippen LogP contribution < -0.4 is 0 Å². The molecule has 30 heavy (non-hydrogen) atoms. The van der Waals surface area contributed by atoms with E-state index in [0.717, 1.165) is 11.6 Å². The first-order chi connectivity index (χ1) is 14.5. The van der Waals surface area contributed by atoms with Crippen LogP contribution in [0.5, 0.6) is 0 Å². The summed E-state index contributed by atoms with van der Waals surface area (Å²) >= 11 is 0. The molecule has 0 bridgehead atoms. The number of hydrogen-bond acceptors (Lipinski definition) is 9. The van der Waals surface area contributed by atoms with Gasteiger partial charge in [0.25, 0.3) is 10.1 Å². The van der Waals surface area contributed by atoms with E-state index in [9.17, 15) is 13.2 Å². The van der Waals surface area contributed by atoms with E-state index in [1.165, 1.54) is 12.1 Å². The molecule has 0 atom stereocenters. The number of carbonyl (C=O) groups is 1. The molecular weight excluding hydrogens is 416 g/mol. The minimum Gasteiger partial charge on any atom is -0.460 e. The molecule has 0 aliphatic rings. The lowest BCUT2D eigenvalue weighted by Gasteiger charge is -2.08. The van der Waals surface area contributed by atoms with Crippen molar-refractivity contribution < 1.29 is 41.1 Å². The molecule has 1 aromatic carbocycles. The smallest absolute Gasteiger partial charge is 0.330 e. The van der Waals surface area contributed by atoms with Gasteiger partial charge in [-0.05, 0) is 19.1 Å². The van der Waals surface area contributed by atoms with Crippen LogP contribution in [0.4, 0.5) is 0 Å². The first kappa shape index (κ1) is 26.2. The van der Waals surface area contributed by atoms with Crippen LogP contribution in [0.25, 0.3) is 0 Å². The number of esters is 1. The zero-order valence-electron chi connectivity index (χ0n) is 17.2. The Balaban J connectivity index is 1.87. The first-order valence-corrected chi connectivity index (χ1v) is 10.9. The lowest BCUT2D eigenvalue weighted by Crippen LogP contribution is -2.15. The van der Waals surface area contributed by atoms with E-state index in [1.807, 2.05) is 6.92 Å². The molecule has 0 amide bonds. The number of ether oxygens (including phenoxy) is 5. The summed E-state index contributed by atoms with van der Waals surface area (Å²) in [6.07, 6.45) is 1.10. The number of aryl methyl sites for hydroxylation is 1. The monoisotopic (exact) mass is 446 g/mol.